The van der Waals surface area contributed by atoms with Gasteiger partial charge in [-0.3, -0.25) is 14.9 Å². The minimum atomic E-state index is -3.50. The van der Waals surface area contributed by atoms with Crippen LogP contribution in [0.3, 0.4) is 0 Å². The average Bonchev–Trinajstić information content (AvgIpc) is 2.40. The van der Waals surface area contributed by atoms with Gasteiger partial charge in [-0.2, -0.15) is 0 Å². The van der Waals surface area contributed by atoms with Gasteiger partial charge in [0, 0.05) is 12.8 Å². The minimum Gasteiger partial charge on any atom is -0.353 e. The van der Waals surface area contributed by atoms with Crippen molar-refractivity contribution in [1.82, 2.24) is 10.6 Å². The van der Waals surface area contributed by atoms with E-state index in [0.29, 0.717) is 0 Å². The lowest BCUT2D eigenvalue weighted by atomic mass is 10.2. The van der Waals surface area contributed by atoms with Crippen molar-refractivity contribution >= 4 is 27.3 Å². The number of benzene rings is 1. The Balaban J connectivity index is 2.15. The van der Waals surface area contributed by atoms with Crippen molar-refractivity contribution in [2.75, 3.05) is 24.7 Å². The van der Waals surface area contributed by atoms with Crippen molar-refractivity contribution in [2.24, 2.45) is 0 Å². The van der Waals surface area contributed by atoms with Crippen LogP contribution in [0.15, 0.2) is 23.1 Å². The van der Waals surface area contributed by atoms with E-state index in [2.05, 4.69) is 16.0 Å². The van der Waals surface area contributed by atoms with E-state index in [9.17, 15) is 22.4 Å². The zero-order chi connectivity index (χ0) is 15.6. The van der Waals surface area contributed by atoms with Crippen LogP contribution in [-0.4, -0.2) is 45.6 Å². The fourth-order valence-electron chi connectivity index (χ4n) is 1.80. The highest BCUT2D eigenvalue weighted by Crippen LogP contribution is 2.19. The van der Waals surface area contributed by atoms with Gasteiger partial charge in [-0.25, -0.2) is 12.8 Å². The normalized spacial score (nSPS) is 19.0. The molecule has 1 aliphatic heterocycles. The molecule has 1 aromatic carbocycles. The molecule has 0 bridgehead atoms. The standard InChI is InChI=1S/C12H14FN3O4S/c1-21(19,20)7-2-3-8(13)9(4-7)16-12(18)10-5-15-11(17)6-14-10/h2-4,10,14H,5-6H2,1H3,(H,15,17)(H,16,18). The Kier molecular flexibility index (Phi) is 4.24. The second-order valence-corrected chi connectivity index (χ2v) is 6.66. The molecule has 9 heteroatoms. The molecule has 1 unspecified atom stereocenters. The van der Waals surface area contributed by atoms with Gasteiger partial charge in [0.05, 0.1) is 17.1 Å². The molecular weight excluding hydrogens is 301 g/mol. The predicted octanol–water partition coefficient (Wildman–Crippen LogP) is -0.744. The smallest absolute Gasteiger partial charge is 0.243 e. The number of carbonyl (C=O) groups is 2. The van der Waals surface area contributed by atoms with Crippen LogP contribution >= 0.6 is 0 Å². The molecule has 1 atom stereocenters. The summed E-state index contributed by atoms with van der Waals surface area (Å²) in [6, 6.07) is 2.45. The van der Waals surface area contributed by atoms with Crippen LogP contribution in [0.5, 0.6) is 0 Å². The Bertz CT molecular complexity index is 680. The SMILES string of the molecule is CS(=O)(=O)c1ccc(F)c(NC(=O)C2CNC(=O)CN2)c1. The highest BCUT2D eigenvalue weighted by Gasteiger charge is 2.24. The number of hydrogen-bond donors (Lipinski definition) is 3. The van der Waals surface area contributed by atoms with Crippen LogP contribution in [0.2, 0.25) is 0 Å². The maximum absolute atomic E-state index is 13.6. The number of anilines is 1. The lowest BCUT2D eigenvalue weighted by Crippen LogP contribution is -2.56. The summed E-state index contributed by atoms with van der Waals surface area (Å²) in [5, 5.41) is 7.50. The van der Waals surface area contributed by atoms with E-state index in [1.54, 1.807) is 0 Å². The van der Waals surface area contributed by atoms with Crippen LogP contribution in [0.25, 0.3) is 0 Å². The zero-order valence-electron chi connectivity index (χ0n) is 11.1. The van der Waals surface area contributed by atoms with Gasteiger partial charge in [0.2, 0.25) is 11.8 Å². The van der Waals surface area contributed by atoms with E-state index < -0.39 is 27.6 Å². The van der Waals surface area contributed by atoms with Gasteiger partial charge in [0.25, 0.3) is 0 Å². The monoisotopic (exact) mass is 315 g/mol. The zero-order valence-corrected chi connectivity index (χ0v) is 12.0. The summed E-state index contributed by atoms with van der Waals surface area (Å²) >= 11 is 0. The molecule has 21 heavy (non-hydrogen) atoms. The van der Waals surface area contributed by atoms with Gasteiger partial charge in [-0.15, -0.1) is 0 Å². The molecule has 0 spiro atoms. The molecule has 1 heterocycles. The lowest BCUT2D eigenvalue weighted by Gasteiger charge is -2.23. The molecule has 0 radical (unpaired) electrons. The Labute approximate surface area is 120 Å². The lowest BCUT2D eigenvalue weighted by molar-refractivity contribution is -0.124. The number of hydrogen-bond acceptors (Lipinski definition) is 5. The first kappa shape index (κ1) is 15.4. The van der Waals surface area contributed by atoms with Crippen LogP contribution in [0, 0.1) is 5.82 Å². The molecule has 0 aliphatic carbocycles. The Morgan fingerprint density at radius 1 is 1.43 bits per heavy atom. The molecule has 114 valence electrons. The van der Waals surface area contributed by atoms with Crippen molar-refractivity contribution in [2.45, 2.75) is 10.9 Å². The number of sulfone groups is 1. The third-order valence-corrected chi connectivity index (χ3v) is 4.06. The predicted molar refractivity (Wildman–Crippen MR) is 72.9 cm³/mol. The van der Waals surface area contributed by atoms with Gasteiger partial charge in [0.1, 0.15) is 11.9 Å². The van der Waals surface area contributed by atoms with Gasteiger partial charge >= 0.3 is 0 Å². The van der Waals surface area contributed by atoms with Gasteiger partial charge < -0.3 is 10.6 Å². The molecule has 1 saturated heterocycles. The highest BCUT2D eigenvalue weighted by molar-refractivity contribution is 7.90. The van der Waals surface area contributed by atoms with Crippen molar-refractivity contribution in [3.63, 3.8) is 0 Å². The number of nitrogens with one attached hydrogen (secondary N) is 3. The molecule has 1 fully saturated rings. The topological polar surface area (TPSA) is 104 Å². The molecule has 0 aromatic heterocycles. The van der Waals surface area contributed by atoms with E-state index in [1.165, 1.54) is 0 Å². The Morgan fingerprint density at radius 3 is 2.71 bits per heavy atom. The number of rotatable bonds is 3. The van der Waals surface area contributed by atoms with Crippen molar-refractivity contribution in [3.05, 3.63) is 24.0 Å². The first-order valence-corrected chi connectivity index (χ1v) is 7.97. The van der Waals surface area contributed by atoms with Crippen molar-refractivity contribution < 1.29 is 22.4 Å². The van der Waals surface area contributed by atoms with E-state index in [4.69, 9.17) is 0 Å². The summed E-state index contributed by atoms with van der Waals surface area (Å²) < 4.78 is 36.5. The minimum absolute atomic E-state index is 0.00997. The fourth-order valence-corrected chi connectivity index (χ4v) is 2.45. The third-order valence-electron chi connectivity index (χ3n) is 2.95. The molecule has 0 saturated carbocycles. The fraction of sp³-hybridized carbons (Fsp3) is 0.333. The van der Waals surface area contributed by atoms with Gasteiger partial charge in [-0.05, 0) is 18.2 Å². The highest BCUT2D eigenvalue weighted by atomic mass is 32.2. The van der Waals surface area contributed by atoms with Crippen LogP contribution < -0.4 is 16.0 Å². The van der Waals surface area contributed by atoms with E-state index >= 15 is 0 Å². The van der Waals surface area contributed by atoms with Crippen molar-refractivity contribution in [1.29, 1.82) is 0 Å². The van der Waals surface area contributed by atoms with E-state index in [0.717, 1.165) is 24.5 Å². The maximum atomic E-state index is 13.6. The first-order valence-electron chi connectivity index (χ1n) is 6.08. The first-order chi connectivity index (χ1) is 9.77. The van der Waals surface area contributed by atoms with Gasteiger partial charge in [-0.1, -0.05) is 0 Å². The Hall–Kier alpha value is -2.00. The second-order valence-electron chi connectivity index (χ2n) is 4.64. The summed E-state index contributed by atoms with van der Waals surface area (Å²) in [6.07, 6.45) is 0.990. The molecule has 2 amide bonds. The molecule has 7 nitrogen and oxygen atoms in total. The summed E-state index contributed by atoms with van der Waals surface area (Å²) in [7, 11) is -3.50. The van der Waals surface area contributed by atoms with Crippen LogP contribution in [-0.2, 0) is 19.4 Å². The summed E-state index contributed by atoms with van der Waals surface area (Å²) in [5.41, 5.74) is -0.221. The number of amides is 2. The number of carbonyl (C=O) groups excluding carboxylic acids is 2. The molecule has 1 aliphatic rings. The maximum Gasteiger partial charge on any atom is 0.243 e. The summed E-state index contributed by atoms with van der Waals surface area (Å²) in [6.45, 7) is 0.0714. The molecular formula is C12H14FN3O4S. The quantitative estimate of drug-likeness (QED) is 0.637. The van der Waals surface area contributed by atoms with Crippen LogP contribution in [0.1, 0.15) is 0 Å². The molecule has 2 rings (SSSR count). The van der Waals surface area contributed by atoms with E-state index in [1.807, 2.05) is 0 Å². The average molecular weight is 315 g/mol. The Morgan fingerprint density at radius 2 is 2.14 bits per heavy atom. The summed E-state index contributed by atoms with van der Waals surface area (Å²) in [5.74, 6) is -1.53. The molecule has 1 aromatic rings. The second kappa shape index (κ2) is 5.78. The number of halogens is 1. The van der Waals surface area contributed by atoms with Crippen LogP contribution in [0.4, 0.5) is 10.1 Å². The van der Waals surface area contributed by atoms with Gasteiger partial charge in [0.15, 0.2) is 9.84 Å². The van der Waals surface area contributed by atoms with E-state index in [-0.39, 0.29) is 29.6 Å². The summed E-state index contributed by atoms with van der Waals surface area (Å²) in [4.78, 5) is 22.8. The number of piperazine rings is 1. The van der Waals surface area contributed by atoms with Crippen molar-refractivity contribution in [3.8, 4) is 0 Å². The largest absolute Gasteiger partial charge is 0.353 e. The molecule has 3 N–H and O–H groups in total. The third kappa shape index (κ3) is 3.76.